The third kappa shape index (κ3) is 3.51. The van der Waals surface area contributed by atoms with Gasteiger partial charge in [-0.25, -0.2) is 0 Å². The molecule has 0 radical (unpaired) electrons. The van der Waals surface area contributed by atoms with E-state index in [1.54, 1.807) is 0 Å². The zero-order valence-electron chi connectivity index (χ0n) is 8.63. The van der Waals surface area contributed by atoms with Crippen molar-refractivity contribution in [3.8, 4) is 5.75 Å². The zero-order chi connectivity index (χ0) is 9.68. The Bertz CT molecular complexity index is 243. The van der Waals surface area contributed by atoms with E-state index in [4.69, 9.17) is 4.74 Å². The molecule has 3 nitrogen and oxygen atoms in total. The average Bonchev–Trinajstić information content (AvgIpc) is 2.45. The molecule has 0 bridgehead atoms. The summed E-state index contributed by atoms with van der Waals surface area (Å²) in [6.07, 6.45) is 2.97. The Morgan fingerprint density at radius 2 is 2.23 bits per heavy atom. The molecule has 0 unspecified atom stereocenters. The lowest BCUT2D eigenvalue weighted by Crippen LogP contribution is -2.15. The Hall–Kier alpha value is -0.960. The molecule has 1 aromatic rings. The van der Waals surface area contributed by atoms with Crippen LogP contribution in [0.1, 0.15) is 12.1 Å². The van der Waals surface area contributed by atoms with E-state index in [1.807, 2.05) is 19.2 Å². The number of hydrogen-bond donors (Lipinski definition) is 1. The van der Waals surface area contributed by atoms with Crippen LogP contribution in [0.25, 0.3) is 0 Å². The van der Waals surface area contributed by atoms with Gasteiger partial charge >= 0.3 is 0 Å². The second kappa shape index (κ2) is 4.92. The quantitative estimate of drug-likeness (QED) is 0.701. The monoisotopic (exact) mass is 182 g/mol. The van der Waals surface area contributed by atoms with Crippen molar-refractivity contribution in [2.75, 3.05) is 27.2 Å². The van der Waals surface area contributed by atoms with Gasteiger partial charge in [-0.15, -0.1) is 0 Å². The third-order valence-corrected chi connectivity index (χ3v) is 1.91. The molecule has 0 aliphatic carbocycles. The standard InChI is InChI=1S/C10H18N2O/c1-9-10(5-6-11-9)13-8-4-7-12(2)3/h5-6,11H,4,7-8H2,1-3H3. The molecule has 0 amide bonds. The number of hydrogen-bond acceptors (Lipinski definition) is 2. The number of nitrogens with one attached hydrogen (secondary N) is 1. The number of rotatable bonds is 5. The first-order valence-corrected chi connectivity index (χ1v) is 4.61. The molecular weight excluding hydrogens is 164 g/mol. The molecule has 0 saturated heterocycles. The lowest BCUT2D eigenvalue weighted by Gasteiger charge is -2.09. The van der Waals surface area contributed by atoms with E-state index in [1.165, 1.54) is 0 Å². The predicted octanol–water partition coefficient (Wildman–Crippen LogP) is 1.65. The molecular formula is C10H18N2O. The first kappa shape index (κ1) is 10.1. The molecule has 74 valence electrons. The SMILES string of the molecule is Cc1[nH]ccc1OCCCN(C)C. The van der Waals surface area contributed by atoms with Crippen LogP contribution in [-0.2, 0) is 0 Å². The Labute approximate surface area is 79.7 Å². The van der Waals surface area contributed by atoms with Gasteiger partial charge in [-0.3, -0.25) is 0 Å². The largest absolute Gasteiger partial charge is 0.492 e. The molecule has 0 spiro atoms. The van der Waals surface area contributed by atoms with E-state index in [2.05, 4.69) is 24.0 Å². The molecule has 0 aliphatic rings. The fourth-order valence-electron chi connectivity index (χ4n) is 1.16. The number of aryl methyl sites for hydroxylation is 1. The maximum atomic E-state index is 5.57. The summed E-state index contributed by atoms with van der Waals surface area (Å²) >= 11 is 0. The van der Waals surface area contributed by atoms with E-state index in [0.717, 1.165) is 31.0 Å². The number of nitrogens with zero attached hydrogens (tertiary/aromatic N) is 1. The van der Waals surface area contributed by atoms with E-state index in [-0.39, 0.29) is 0 Å². The van der Waals surface area contributed by atoms with Gasteiger partial charge in [0.25, 0.3) is 0 Å². The number of aromatic nitrogens is 1. The fourth-order valence-corrected chi connectivity index (χ4v) is 1.16. The van der Waals surface area contributed by atoms with Crippen LogP contribution in [0, 0.1) is 6.92 Å². The van der Waals surface area contributed by atoms with Crippen molar-refractivity contribution < 1.29 is 4.74 Å². The summed E-state index contributed by atoms with van der Waals surface area (Å²) in [6, 6.07) is 1.96. The van der Waals surface area contributed by atoms with Crippen LogP contribution >= 0.6 is 0 Å². The Morgan fingerprint density at radius 1 is 1.46 bits per heavy atom. The van der Waals surface area contributed by atoms with Crippen LogP contribution < -0.4 is 4.74 Å². The molecule has 1 rings (SSSR count). The third-order valence-electron chi connectivity index (χ3n) is 1.91. The van der Waals surface area contributed by atoms with Gasteiger partial charge < -0.3 is 14.6 Å². The predicted molar refractivity (Wildman–Crippen MR) is 54.2 cm³/mol. The highest BCUT2D eigenvalue weighted by molar-refractivity contribution is 5.25. The maximum absolute atomic E-state index is 5.57. The molecule has 13 heavy (non-hydrogen) atoms. The summed E-state index contributed by atoms with van der Waals surface area (Å²) in [4.78, 5) is 5.24. The molecule has 3 heteroatoms. The number of H-pyrrole nitrogens is 1. The smallest absolute Gasteiger partial charge is 0.139 e. The van der Waals surface area contributed by atoms with Gasteiger partial charge in [-0.2, -0.15) is 0 Å². The van der Waals surface area contributed by atoms with Crippen LogP contribution in [0.2, 0.25) is 0 Å². The van der Waals surface area contributed by atoms with Crippen molar-refractivity contribution in [1.29, 1.82) is 0 Å². The molecule has 1 aromatic heterocycles. The lowest BCUT2D eigenvalue weighted by molar-refractivity contribution is 0.280. The van der Waals surface area contributed by atoms with Crippen LogP contribution in [0.4, 0.5) is 0 Å². The Balaban J connectivity index is 2.17. The van der Waals surface area contributed by atoms with Crippen LogP contribution in [0.5, 0.6) is 5.75 Å². The fraction of sp³-hybridized carbons (Fsp3) is 0.600. The highest BCUT2D eigenvalue weighted by Gasteiger charge is 1.98. The molecule has 0 aliphatic heterocycles. The summed E-state index contributed by atoms with van der Waals surface area (Å²) in [5, 5.41) is 0. The highest BCUT2D eigenvalue weighted by Crippen LogP contribution is 2.14. The second-order valence-corrected chi connectivity index (χ2v) is 3.47. The Kier molecular flexibility index (Phi) is 3.83. The van der Waals surface area contributed by atoms with Crippen molar-refractivity contribution >= 4 is 0 Å². The maximum Gasteiger partial charge on any atom is 0.139 e. The molecule has 1 N–H and O–H groups in total. The van der Waals surface area contributed by atoms with Gasteiger partial charge in [0.15, 0.2) is 0 Å². The van der Waals surface area contributed by atoms with Crippen molar-refractivity contribution in [2.24, 2.45) is 0 Å². The topological polar surface area (TPSA) is 28.3 Å². The molecule has 0 fully saturated rings. The summed E-state index contributed by atoms with van der Waals surface area (Å²) in [5.41, 5.74) is 1.10. The van der Waals surface area contributed by atoms with Gasteiger partial charge in [0, 0.05) is 12.7 Å². The van der Waals surface area contributed by atoms with Crippen LogP contribution in [-0.4, -0.2) is 37.1 Å². The van der Waals surface area contributed by atoms with Crippen LogP contribution in [0.3, 0.4) is 0 Å². The lowest BCUT2D eigenvalue weighted by atomic mass is 10.4. The van der Waals surface area contributed by atoms with E-state index < -0.39 is 0 Å². The highest BCUT2D eigenvalue weighted by atomic mass is 16.5. The molecule has 0 saturated carbocycles. The van der Waals surface area contributed by atoms with Gasteiger partial charge in [-0.05, 0) is 33.5 Å². The normalized spacial score (nSPS) is 10.8. The second-order valence-electron chi connectivity index (χ2n) is 3.47. The van der Waals surface area contributed by atoms with Gasteiger partial charge in [0.1, 0.15) is 5.75 Å². The summed E-state index contributed by atoms with van der Waals surface area (Å²) in [6.45, 7) is 3.88. The van der Waals surface area contributed by atoms with Crippen molar-refractivity contribution in [1.82, 2.24) is 9.88 Å². The van der Waals surface area contributed by atoms with E-state index in [0.29, 0.717) is 0 Å². The van der Waals surface area contributed by atoms with E-state index in [9.17, 15) is 0 Å². The first-order valence-electron chi connectivity index (χ1n) is 4.61. The van der Waals surface area contributed by atoms with Crippen molar-refractivity contribution in [3.63, 3.8) is 0 Å². The van der Waals surface area contributed by atoms with Gasteiger partial charge in [0.2, 0.25) is 0 Å². The molecule has 1 heterocycles. The number of ether oxygens (including phenoxy) is 1. The zero-order valence-corrected chi connectivity index (χ0v) is 8.63. The van der Waals surface area contributed by atoms with Crippen molar-refractivity contribution in [3.05, 3.63) is 18.0 Å². The number of aromatic amines is 1. The van der Waals surface area contributed by atoms with Gasteiger partial charge in [0.05, 0.1) is 12.3 Å². The van der Waals surface area contributed by atoms with Gasteiger partial charge in [-0.1, -0.05) is 0 Å². The molecule has 0 atom stereocenters. The minimum atomic E-state index is 0.789. The summed E-state index contributed by atoms with van der Waals surface area (Å²) in [5.74, 6) is 0.971. The minimum absolute atomic E-state index is 0.789. The molecule has 0 aromatic carbocycles. The minimum Gasteiger partial charge on any atom is -0.492 e. The van der Waals surface area contributed by atoms with E-state index >= 15 is 0 Å². The summed E-state index contributed by atoms with van der Waals surface area (Å²) < 4.78 is 5.57. The summed E-state index contributed by atoms with van der Waals surface area (Å²) in [7, 11) is 4.14. The first-order chi connectivity index (χ1) is 6.20. The van der Waals surface area contributed by atoms with Crippen LogP contribution in [0.15, 0.2) is 12.3 Å². The van der Waals surface area contributed by atoms with Crippen molar-refractivity contribution in [2.45, 2.75) is 13.3 Å². The Morgan fingerprint density at radius 3 is 2.77 bits per heavy atom. The average molecular weight is 182 g/mol.